The zero-order valence-electron chi connectivity index (χ0n) is 16.3. The lowest BCUT2D eigenvalue weighted by Gasteiger charge is -2.26. The highest BCUT2D eigenvalue weighted by Gasteiger charge is 2.16. The number of Topliss-reactive ketones (excluding diaryl/α,β-unsaturated/α-hetero) is 1. The number of hydrogen-bond acceptors (Lipinski definition) is 5. The SMILES string of the molecule is C=C(CN1CCOCC1)C(=O)c1ccc(OCCCN2CCCCC2)cc1. The van der Waals surface area contributed by atoms with Crippen LogP contribution in [0.5, 0.6) is 5.75 Å². The van der Waals surface area contributed by atoms with Crippen LogP contribution < -0.4 is 4.74 Å². The number of nitrogens with zero attached hydrogens (tertiary/aromatic N) is 2. The van der Waals surface area contributed by atoms with E-state index in [-0.39, 0.29) is 5.78 Å². The Balaban J connectivity index is 1.39. The topological polar surface area (TPSA) is 42.0 Å². The Morgan fingerprint density at radius 2 is 1.70 bits per heavy atom. The van der Waals surface area contributed by atoms with Crippen molar-refractivity contribution in [2.75, 3.05) is 59.1 Å². The lowest BCUT2D eigenvalue weighted by atomic mass is 10.0. The van der Waals surface area contributed by atoms with Crippen molar-refractivity contribution in [3.05, 3.63) is 42.0 Å². The number of hydrogen-bond donors (Lipinski definition) is 0. The van der Waals surface area contributed by atoms with E-state index >= 15 is 0 Å². The summed E-state index contributed by atoms with van der Waals surface area (Å²) in [6, 6.07) is 7.45. The van der Waals surface area contributed by atoms with E-state index in [4.69, 9.17) is 9.47 Å². The third kappa shape index (κ3) is 6.45. The number of morpholine rings is 1. The highest BCUT2D eigenvalue weighted by molar-refractivity contribution is 6.08. The van der Waals surface area contributed by atoms with E-state index in [1.165, 1.54) is 32.4 Å². The van der Waals surface area contributed by atoms with Crippen molar-refractivity contribution in [2.45, 2.75) is 25.7 Å². The summed E-state index contributed by atoms with van der Waals surface area (Å²) in [5.41, 5.74) is 1.31. The minimum absolute atomic E-state index is 0.0122. The fraction of sp³-hybridized carbons (Fsp3) is 0.591. The summed E-state index contributed by atoms with van der Waals surface area (Å²) >= 11 is 0. The number of benzene rings is 1. The molecule has 0 N–H and O–H groups in total. The number of carbonyl (C=O) groups excluding carboxylic acids is 1. The molecule has 0 amide bonds. The number of ether oxygens (including phenoxy) is 2. The maximum absolute atomic E-state index is 12.6. The van der Waals surface area contributed by atoms with Crippen molar-refractivity contribution in [1.29, 1.82) is 0 Å². The molecule has 3 rings (SSSR count). The molecule has 2 fully saturated rings. The van der Waals surface area contributed by atoms with Crippen LogP contribution in [-0.4, -0.2) is 74.7 Å². The van der Waals surface area contributed by atoms with Gasteiger partial charge in [0, 0.05) is 37.3 Å². The van der Waals surface area contributed by atoms with Crippen LogP contribution in [0.25, 0.3) is 0 Å². The molecule has 0 bridgehead atoms. The van der Waals surface area contributed by atoms with Crippen molar-refractivity contribution in [3.63, 3.8) is 0 Å². The number of ketones is 1. The van der Waals surface area contributed by atoms with Gasteiger partial charge >= 0.3 is 0 Å². The molecular formula is C22H32N2O3. The average Bonchev–Trinajstić information content (AvgIpc) is 2.72. The Bertz CT molecular complexity index is 602. The van der Waals surface area contributed by atoms with E-state index in [1.807, 2.05) is 24.3 Å². The maximum atomic E-state index is 12.6. The minimum atomic E-state index is 0.0122. The lowest BCUT2D eigenvalue weighted by Crippen LogP contribution is -2.38. The molecule has 27 heavy (non-hydrogen) atoms. The van der Waals surface area contributed by atoms with Crippen LogP contribution >= 0.6 is 0 Å². The Morgan fingerprint density at radius 3 is 2.41 bits per heavy atom. The van der Waals surface area contributed by atoms with Crippen molar-refractivity contribution >= 4 is 5.78 Å². The van der Waals surface area contributed by atoms with Gasteiger partial charge in [0.15, 0.2) is 5.78 Å². The first-order chi connectivity index (χ1) is 13.2. The molecule has 0 aromatic heterocycles. The molecule has 5 nitrogen and oxygen atoms in total. The highest BCUT2D eigenvalue weighted by atomic mass is 16.5. The van der Waals surface area contributed by atoms with Crippen LogP contribution in [0.15, 0.2) is 36.4 Å². The zero-order chi connectivity index (χ0) is 18.9. The predicted molar refractivity (Wildman–Crippen MR) is 108 cm³/mol. The molecule has 2 aliphatic heterocycles. The van der Waals surface area contributed by atoms with Crippen molar-refractivity contribution in [3.8, 4) is 5.75 Å². The molecule has 1 aromatic rings. The van der Waals surface area contributed by atoms with Gasteiger partial charge in [-0.2, -0.15) is 0 Å². The van der Waals surface area contributed by atoms with Gasteiger partial charge in [-0.05, 0) is 56.6 Å². The molecule has 0 spiro atoms. The summed E-state index contributed by atoms with van der Waals surface area (Å²) in [6.07, 6.45) is 5.06. The summed E-state index contributed by atoms with van der Waals surface area (Å²) in [5, 5.41) is 0. The van der Waals surface area contributed by atoms with E-state index in [0.29, 0.717) is 24.3 Å². The normalized spacial score (nSPS) is 19.0. The zero-order valence-corrected chi connectivity index (χ0v) is 16.3. The molecule has 2 aliphatic rings. The van der Waals surface area contributed by atoms with Crippen LogP contribution in [0, 0.1) is 0 Å². The summed E-state index contributed by atoms with van der Waals surface area (Å²) in [4.78, 5) is 17.3. The number of rotatable bonds is 9. The quantitative estimate of drug-likeness (QED) is 0.379. The van der Waals surface area contributed by atoms with Gasteiger partial charge in [-0.25, -0.2) is 0 Å². The summed E-state index contributed by atoms with van der Waals surface area (Å²) in [7, 11) is 0. The van der Waals surface area contributed by atoms with Crippen molar-refractivity contribution < 1.29 is 14.3 Å². The van der Waals surface area contributed by atoms with Gasteiger partial charge in [0.1, 0.15) is 5.75 Å². The molecule has 2 saturated heterocycles. The minimum Gasteiger partial charge on any atom is -0.494 e. The second-order valence-corrected chi connectivity index (χ2v) is 7.45. The van der Waals surface area contributed by atoms with Crippen LogP contribution in [-0.2, 0) is 4.74 Å². The van der Waals surface area contributed by atoms with E-state index in [9.17, 15) is 4.79 Å². The molecule has 1 aromatic carbocycles. The van der Waals surface area contributed by atoms with Crippen LogP contribution in [0.2, 0.25) is 0 Å². The fourth-order valence-corrected chi connectivity index (χ4v) is 3.67. The third-order valence-corrected chi connectivity index (χ3v) is 5.29. The van der Waals surface area contributed by atoms with Gasteiger partial charge in [0.05, 0.1) is 19.8 Å². The molecule has 0 unspecified atom stereocenters. The summed E-state index contributed by atoms with van der Waals surface area (Å²) < 4.78 is 11.2. The van der Waals surface area contributed by atoms with Gasteiger partial charge in [-0.3, -0.25) is 9.69 Å². The van der Waals surface area contributed by atoms with Gasteiger partial charge < -0.3 is 14.4 Å². The molecule has 0 atom stereocenters. The number of piperidine rings is 1. The van der Waals surface area contributed by atoms with Gasteiger partial charge in [-0.15, -0.1) is 0 Å². The molecule has 0 aliphatic carbocycles. The Kier molecular flexibility index (Phi) is 7.87. The Labute approximate surface area is 162 Å². The van der Waals surface area contributed by atoms with Crippen LogP contribution in [0.4, 0.5) is 0 Å². The first kappa shape index (κ1) is 20.1. The average molecular weight is 373 g/mol. The van der Waals surface area contributed by atoms with Crippen molar-refractivity contribution in [1.82, 2.24) is 9.80 Å². The standard InChI is InChI=1S/C22H32N2O3/c1-19(18-24-13-16-26-17-14-24)22(25)20-6-8-21(9-7-20)27-15-5-12-23-10-3-2-4-11-23/h6-9H,1-5,10-18H2. The molecular weight excluding hydrogens is 340 g/mol. The first-order valence-electron chi connectivity index (χ1n) is 10.2. The molecule has 0 radical (unpaired) electrons. The fourth-order valence-electron chi connectivity index (χ4n) is 3.67. The molecule has 5 heteroatoms. The summed E-state index contributed by atoms with van der Waals surface area (Å²) in [6.45, 7) is 12.0. The predicted octanol–water partition coefficient (Wildman–Crippen LogP) is 3.01. The largest absolute Gasteiger partial charge is 0.494 e. The first-order valence-corrected chi connectivity index (χ1v) is 10.2. The molecule has 148 valence electrons. The third-order valence-electron chi connectivity index (χ3n) is 5.29. The lowest BCUT2D eigenvalue weighted by molar-refractivity contribution is 0.0418. The smallest absolute Gasteiger partial charge is 0.189 e. The molecule has 0 saturated carbocycles. The Hall–Kier alpha value is -1.69. The van der Waals surface area contributed by atoms with Gasteiger partial charge in [0.2, 0.25) is 0 Å². The van der Waals surface area contributed by atoms with Gasteiger partial charge in [-0.1, -0.05) is 13.0 Å². The number of carbonyl (C=O) groups is 1. The number of likely N-dealkylation sites (tertiary alicyclic amines) is 1. The highest BCUT2D eigenvalue weighted by Crippen LogP contribution is 2.16. The van der Waals surface area contributed by atoms with Gasteiger partial charge in [0.25, 0.3) is 0 Å². The van der Waals surface area contributed by atoms with Crippen LogP contribution in [0.1, 0.15) is 36.0 Å². The Morgan fingerprint density at radius 1 is 1.00 bits per heavy atom. The molecule has 2 heterocycles. The summed E-state index contributed by atoms with van der Waals surface area (Å²) in [5.74, 6) is 0.835. The maximum Gasteiger partial charge on any atom is 0.189 e. The second kappa shape index (κ2) is 10.6. The van der Waals surface area contributed by atoms with E-state index in [2.05, 4.69) is 16.4 Å². The van der Waals surface area contributed by atoms with E-state index < -0.39 is 0 Å². The monoisotopic (exact) mass is 372 g/mol. The van der Waals surface area contributed by atoms with E-state index in [0.717, 1.165) is 45.0 Å². The van der Waals surface area contributed by atoms with Crippen molar-refractivity contribution in [2.24, 2.45) is 0 Å². The van der Waals surface area contributed by atoms with Crippen LogP contribution in [0.3, 0.4) is 0 Å². The second-order valence-electron chi connectivity index (χ2n) is 7.45. The van der Waals surface area contributed by atoms with E-state index in [1.54, 1.807) is 0 Å².